The van der Waals surface area contributed by atoms with E-state index in [2.05, 4.69) is 10.1 Å². The number of aryl methyl sites for hydroxylation is 3. The fourth-order valence-corrected chi connectivity index (χ4v) is 2.05. The maximum absolute atomic E-state index is 11.7. The highest BCUT2D eigenvalue weighted by atomic mass is 16.5. The van der Waals surface area contributed by atoms with Crippen LogP contribution in [-0.2, 0) is 11.8 Å². The molecule has 0 bridgehead atoms. The van der Waals surface area contributed by atoms with E-state index in [1.165, 1.54) is 0 Å². The smallest absolute Gasteiger partial charge is 0.378 e. The Bertz CT molecular complexity index is 597. The summed E-state index contributed by atoms with van der Waals surface area (Å²) in [5, 5.41) is 4.12. The minimum Gasteiger partial charge on any atom is -0.460 e. The molecule has 19 heavy (non-hydrogen) atoms. The minimum absolute atomic E-state index is 0.0991. The summed E-state index contributed by atoms with van der Waals surface area (Å²) < 4.78 is 6.53. The van der Waals surface area contributed by atoms with Crippen molar-refractivity contribution in [2.45, 2.75) is 20.8 Å². The first-order valence-corrected chi connectivity index (χ1v) is 6.19. The fraction of sp³-hybridized carbons (Fsp3) is 0.357. The van der Waals surface area contributed by atoms with Crippen molar-refractivity contribution in [1.82, 2.24) is 14.8 Å². The number of carbonyl (C=O) groups is 1. The second-order valence-corrected chi connectivity index (χ2v) is 4.37. The third-order valence-corrected chi connectivity index (χ3v) is 2.93. The van der Waals surface area contributed by atoms with Crippen LogP contribution >= 0.6 is 0 Å². The monoisotopic (exact) mass is 259 g/mol. The molecule has 5 nitrogen and oxygen atoms in total. The third kappa shape index (κ3) is 2.50. The number of hydrogen-bond donors (Lipinski definition) is 0. The standard InChI is InChI=1S/C14H17N3O2/c1-5-19-14(18)12-15-13(17(4)16-12)11-9(2)7-6-8-10(11)3/h6-8H,5H2,1-4H3. The Balaban J connectivity index is 2.49. The van der Waals surface area contributed by atoms with Gasteiger partial charge in [0, 0.05) is 12.6 Å². The molecule has 0 saturated heterocycles. The highest BCUT2D eigenvalue weighted by Crippen LogP contribution is 2.25. The van der Waals surface area contributed by atoms with Gasteiger partial charge >= 0.3 is 5.97 Å². The van der Waals surface area contributed by atoms with E-state index in [0.717, 1.165) is 16.7 Å². The van der Waals surface area contributed by atoms with Crippen molar-refractivity contribution in [3.63, 3.8) is 0 Å². The Morgan fingerprint density at radius 3 is 2.53 bits per heavy atom. The summed E-state index contributed by atoms with van der Waals surface area (Å²) in [6.07, 6.45) is 0. The van der Waals surface area contributed by atoms with Gasteiger partial charge in [0.1, 0.15) is 0 Å². The van der Waals surface area contributed by atoms with Crippen LogP contribution in [0.4, 0.5) is 0 Å². The Morgan fingerprint density at radius 2 is 1.95 bits per heavy atom. The van der Waals surface area contributed by atoms with E-state index < -0.39 is 5.97 Å². The molecule has 1 aromatic heterocycles. The summed E-state index contributed by atoms with van der Waals surface area (Å²) in [5.74, 6) is 0.288. The lowest BCUT2D eigenvalue weighted by molar-refractivity contribution is 0.0512. The summed E-state index contributed by atoms with van der Waals surface area (Å²) in [5.41, 5.74) is 3.21. The summed E-state index contributed by atoms with van der Waals surface area (Å²) >= 11 is 0. The molecule has 2 aromatic rings. The molecule has 0 atom stereocenters. The van der Waals surface area contributed by atoms with Crippen molar-refractivity contribution < 1.29 is 9.53 Å². The van der Waals surface area contributed by atoms with E-state index in [1.54, 1.807) is 18.7 Å². The average Bonchev–Trinajstić information content (AvgIpc) is 2.72. The molecule has 5 heteroatoms. The summed E-state index contributed by atoms with van der Waals surface area (Å²) in [6.45, 7) is 6.10. The van der Waals surface area contributed by atoms with Crippen LogP contribution in [0.15, 0.2) is 18.2 Å². The largest absolute Gasteiger partial charge is 0.460 e. The predicted octanol–water partition coefficient (Wildman–Crippen LogP) is 2.28. The van der Waals surface area contributed by atoms with E-state index in [9.17, 15) is 4.79 Å². The maximum Gasteiger partial charge on any atom is 0.378 e. The van der Waals surface area contributed by atoms with Gasteiger partial charge in [0.05, 0.1) is 6.61 Å². The molecule has 0 aliphatic rings. The van der Waals surface area contributed by atoms with Crippen LogP contribution in [0.1, 0.15) is 28.7 Å². The molecule has 0 saturated carbocycles. The highest BCUT2D eigenvalue weighted by Gasteiger charge is 2.18. The molecule has 0 aliphatic carbocycles. The van der Waals surface area contributed by atoms with Gasteiger partial charge in [-0.1, -0.05) is 18.2 Å². The molecular weight excluding hydrogens is 242 g/mol. The van der Waals surface area contributed by atoms with Crippen LogP contribution in [0.25, 0.3) is 11.4 Å². The molecule has 0 amide bonds. The quantitative estimate of drug-likeness (QED) is 0.793. The van der Waals surface area contributed by atoms with Gasteiger partial charge in [0.15, 0.2) is 5.82 Å². The van der Waals surface area contributed by atoms with E-state index in [4.69, 9.17) is 4.74 Å². The summed E-state index contributed by atoms with van der Waals surface area (Å²) in [4.78, 5) is 15.9. The lowest BCUT2D eigenvalue weighted by Crippen LogP contribution is -2.07. The normalized spacial score (nSPS) is 10.5. The van der Waals surface area contributed by atoms with Crippen LogP contribution in [0.2, 0.25) is 0 Å². The number of ether oxygens (including phenoxy) is 1. The van der Waals surface area contributed by atoms with E-state index in [-0.39, 0.29) is 5.82 Å². The molecule has 0 unspecified atom stereocenters. The van der Waals surface area contributed by atoms with E-state index >= 15 is 0 Å². The molecule has 100 valence electrons. The van der Waals surface area contributed by atoms with Crippen LogP contribution in [0, 0.1) is 13.8 Å². The van der Waals surface area contributed by atoms with E-state index in [1.807, 2.05) is 32.0 Å². The van der Waals surface area contributed by atoms with Gasteiger partial charge in [0.2, 0.25) is 0 Å². The fourth-order valence-electron chi connectivity index (χ4n) is 2.05. The average molecular weight is 259 g/mol. The molecule has 0 radical (unpaired) electrons. The molecular formula is C14H17N3O2. The number of esters is 1. The predicted molar refractivity (Wildman–Crippen MR) is 71.9 cm³/mol. The SMILES string of the molecule is CCOC(=O)c1nc(-c2c(C)cccc2C)n(C)n1. The Kier molecular flexibility index (Phi) is 3.64. The topological polar surface area (TPSA) is 57.0 Å². The van der Waals surface area contributed by atoms with Crippen molar-refractivity contribution in [3.8, 4) is 11.4 Å². The van der Waals surface area contributed by atoms with Crippen LogP contribution < -0.4 is 0 Å². The van der Waals surface area contributed by atoms with Gasteiger partial charge < -0.3 is 4.74 Å². The summed E-state index contributed by atoms with van der Waals surface area (Å²) in [7, 11) is 1.77. The number of rotatable bonds is 3. The second kappa shape index (κ2) is 5.22. The zero-order valence-electron chi connectivity index (χ0n) is 11.6. The molecule has 1 heterocycles. The van der Waals surface area contributed by atoms with Gasteiger partial charge in [-0.3, -0.25) is 0 Å². The van der Waals surface area contributed by atoms with Gasteiger partial charge in [-0.25, -0.2) is 14.5 Å². The van der Waals surface area contributed by atoms with Crippen LogP contribution in [-0.4, -0.2) is 27.3 Å². The van der Waals surface area contributed by atoms with Gasteiger partial charge in [0.25, 0.3) is 5.82 Å². The first-order chi connectivity index (χ1) is 9.04. The lowest BCUT2D eigenvalue weighted by Gasteiger charge is -2.07. The van der Waals surface area contributed by atoms with Crippen molar-refractivity contribution in [2.24, 2.45) is 7.05 Å². The number of nitrogens with zero attached hydrogens (tertiary/aromatic N) is 3. The Labute approximate surface area is 112 Å². The second-order valence-electron chi connectivity index (χ2n) is 4.37. The molecule has 0 N–H and O–H groups in total. The number of aromatic nitrogens is 3. The zero-order valence-corrected chi connectivity index (χ0v) is 11.6. The Hall–Kier alpha value is -2.17. The molecule has 1 aromatic carbocycles. The highest BCUT2D eigenvalue weighted by molar-refractivity contribution is 5.85. The summed E-state index contributed by atoms with van der Waals surface area (Å²) in [6, 6.07) is 6.03. The minimum atomic E-state index is -0.490. The third-order valence-electron chi connectivity index (χ3n) is 2.93. The van der Waals surface area contributed by atoms with Gasteiger partial charge in [-0.05, 0) is 31.9 Å². The van der Waals surface area contributed by atoms with E-state index in [0.29, 0.717) is 12.4 Å². The van der Waals surface area contributed by atoms with Crippen LogP contribution in [0.5, 0.6) is 0 Å². The lowest BCUT2D eigenvalue weighted by atomic mass is 10.0. The molecule has 2 rings (SSSR count). The number of hydrogen-bond acceptors (Lipinski definition) is 4. The van der Waals surface area contributed by atoms with Gasteiger partial charge in [-0.15, -0.1) is 5.10 Å². The first kappa shape index (κ1) is 13.3. The van der Waals surface area contributed by atoms with Crippen molar-refractivity contribution >= 4 is 5.97 Å². The number of benzene rings is 1. The Morgan fingerprint density at radius 1 is 1.32 bits per heavy atom. The number of carbonyl (C=O) groups excluding carboxylic acids is 1. The van der Waals surface area contributed by atoms with Crippen LogP contribution in [0.3, 0.4) is 0 Å². The van der Waals surface area contributed by atoms with Gasteiger partial charge in [-0.2, -0.15) is 0 Å². The molecule has 0 fully saturated rings. The van der Waals surface area contributed by atoms with Crippen molar-refractivity contribution in [1.29, 1.82) is 0 Å². The van der Waals surface area contributed by atoms with Crippen molar-refractivity contribution in [3.05, 3.63) is 35.2 Å². The van der Waals surface area contributed by atoms with Crippen molar-refractivity contribution in [2.75, 3.05) is 6.61 Å². The first-order valence-electron chi connectivity index (χ1n) is 6.19. The molecule has 0 aliphatic heterocycles. The zero-order chi connectivity index (χ0) is 14.0. The molecule has 0 spiro atoms. The maximum atomic E-state index is 11.7.